The molecule has 1 aromatic carbocycles. The topological polar surface area (TPSA) is 106 Å². The van der Waals surface area contributed by atoms with Crippen molar-refractivity contribution in [1.29, 1.82) is 5.41 Å². The molecular formula is C19H22N4O3. The second kappa shape index (κ2) is 6.40. The van der Waals surface area contributed by atoms with E-state index >= 15 is 0 Å². The van der Waals surface area contributed by atoms with E-state index in [4.69, 9.17) is 5.41 Å². The molecule has 1 atom stereocenters. The molecule has 0 radical (unpaired) electrons. The number of hydrogen-bond donors (Lipinski definition) is 3. The lowest BCUT2D eigenvalue weighted by Gasteiger charge is -2.38. The summed E-state index contributed by atoms with van der Waals surface area (Å²) in [6, 6.07) is 5.28. The quantitative estimate of drug-likeness (QED) is 0.717. The predicted molar refractivity (Wildman–Crippen MR) is 98.5 cm³/mol. The molecule has 7 nitrogen and oxygen atoms in total. The van der Waals surface area contributed by atoms with Crippen molar-refractivity contribution in [2.75, 3.05) is 7.05 Å². The van der Waals surface area contributed by atoms with E-state index in [1.807, 2.05) is 0 Å². The second-order valence-electron chi connectivity index (χ2n) is 7.00. The van der Waals surface area contributed by atoms with Crippen LogP contribution in [-0.2, 0) is 4.79 Å². The fraction of sp³-hybridized carbons (Fsp3) is 0.368. The third-order valence-corrected chi connectivity index (χ3v) is 4.85. The zero-order valence-electron chi connectivity index (χ0n) is 15.1. The third-order valence-electron chi connectivity index (χ3n) is 4.85. The summed E-state index contributed by atoms with van der Waals surface area (Å²) in [4.78, 5) is 41.2. The highest BCUT2D eigenvalue weighted by Gasteiger charge is 2.38. The van der Waals surface area contributed by atoms with Gasteiger partial charge in [0.25, 0.3) is 0 Å². The van der Waals surface area contributed by atoms with E-state index in [9.17, 15) is 14.4 Å². The number of carbonyl (C=O) groups excluding carboxylic acids is 3. The number of hydrogen-bond acceptors (Lipinski definition) is 4. The lowest BCUT2D eigenvalue weighted by Crippen LogP contribution is -2.60. The van der Waals surface area contributed by atoms with E-state index in [-0.39, 0.29) is 36.3 Å². The van der Waals surface area contributed by atoms with Crippen molar-refractivity contribution < 1.29 is 14.4 Å². The van der Waals surface area contributed by atoms with E-state index in [0.29, 0.717) is 22.9 Å². The lowest BCUT2D eigenvalue weighted by atomic mass is 9.87. The third kappa shape index (κ3) is 3.12. The van der Waals surface area contributed by atoms with Crippen molar-refractivity contribution in [2.45, 2.75) is 38.6 Å². The molecule has 136 valence electrons. The largest absolute Gasteiger partial charge is 0.360 e. The summed E-state index contributed by atoms with van der Waals surface area (Å²) < 4.78 is 0. The highest BCUT2D eigenvalue weighted by atomic mass is 16.2. The molecule has 0 bridgehead atoms. The van der Waals surface area contributed by atoms with Crippen LogP contribution < -0.4 is 5.32 Å². The Bertz CT molecular complexity index is 910. The van der Waals surface area contributed by atoms with Crippen LogP contribution in [-0.4, -0.2) is 45.9 Å². The summed E-state index contributed by atoms with van der Waals surface area (Å²) in [5.41, 5.74) is 1.05. The Kier molecular flexibility index (Phi) is 4.39. The van der Waals surface area contributed by atoms with Crippen LogP contribution in [0.1, 0.15) is 53.8 Å². The number of benzene rings is 1. The van der Waals surface area contributed by atoms with Gasteiger partial charge in [-0.3, -0.25) is 24.7 Å². The average Bonchev–Trinajstić information content (AvgIpc) is 3.01. The molecule has 1 saturated heterocycles. The van der Waals surface area contributed by atoms with Crippen LogP contribution in [0.4, 0.5) is 0 Å². The van der Waals surface area contributed by atoms with Gasteiger partial charge in [-0.15, -0.1) is 0 Å². The van der Waals surface area contributed by atoms with E-state index < -0.39 is 5.54 Å². The standard InChI is InChI=1S/C19H22N4O3/c1-4-15(24)11-5-6-14-12(7-11)13(10-21-14)16(25)8-19(2)9-17(26)23(3)18(20)22-19/h5-7,10,21H,4,8-9H2,1-3H3,(H2,20,22)/t19-/m1/s1. The summed E-state index contributed by atoms with van der Waals surface area (Å²) in [6.07, 6.45) is 2.25. The maximum atomic E-state index is 12.9. The highest BCUT2D eigenvalue weighted by molar-refractivity contribution is 6.11. The van der Waals surface area contributed by atoms with Gasteiger partial charge in [-0.05, 0) is 25.1 Å². The summed E-state index contributed by atoms with van der Waals surface area (Å²) in [7, 11) is 1.53. The van der Waals surface area contributed by atoms with E-state index in [0.717, 1.165) is 5.52 Å². The van der Waals surface area contributed by atoms with Crippen molar-refractivity contribution in [3.05, 3.63) is 35.5 Å². The Balaban J connectivity index is 1.89. The fourth-order valence-electron chi connectivity index (χ4n) is 3.28. The zero-order chi connectivity index (χ0) is 19.1. The van der Waals surface area contributed by atoms with Gasteiger partial charge in [-0.25, -0.2) is 0 Å². The number of fused-ring (bicyclic) bond motifs is 1. The molecule has 3 rings (SSSR count). The molecule has 1 aromatic heterocycles. The number of guanidine groups is 1. The van der Waals surface area contributed by atoms with Crippen molar-refractivity contribution in [3.8, 4) is 0 Å². The monoisotopic (exact) mass is 354 g/mol. The number of ketones is 2. The summed E-state index contributed by atoms with van der Waals surface area (Å²) >= 11 is 0. The summed E-state index contributed by atoms with van der Waals surface area (Å²) in [5, 5.41) is 11.5. The Morgan fingerprint density at radius 3 is 2.69 bits per heavy atom. The molecule has 2 aromatic rings. The molecule has 2 heterocycles. The van der Waals surface area contributed by atoms with Gasteiger partial charge in [0.05, 0.1) is 12.0 Å². The molecule has 1 fully saturated rings. The number of aromatic nitrogens is 1. The van der Waals surface area contributed by atoms with Gasteiger partial charge in [-0.2, -0.15) is 0 Å². The minimum absolute atomic E-state index is 0.00805. The van der Waals surface area contributed by atoms with Crippen LogP contribution in [0, 0.1) is 5.41 Å². The molecule has 1 amide bonds. The maximum absolute atomic E-state index is 12.9. The van der Waals surface area contributed by atoms with Gasteiger partial charge in [-0.1, -0.05) is 6.92 Å². The van der Waals surface area contributed by atoms with Gasteiger partial charge < -0.3 is 10.3 Å². The van der Waals surface area contributed by atoms with Gasteiger partial charge in [0.15, 0.2) is 17.5 Å². The van der Waals surface area contributed by atoms with Crippen molar-refractivity contribution >= 4 is 34.3 Å². The summed E-state index contributed by atoms with van der Waals surface area (Å²) in [6.45, 7) is 3.57. The molecule has 0 unspecified atom stereocenters. The molecule has 0 spiro atoms. The van der Waals surface area contributed by atoms with Gasteiger partial charge in [0.2, 0.25) is 5.91 Å². The first-order chi connectivity index (χ1) is 12.2. The van der Waals surface area contributed by atoms with Crippen molar-refractivity contribution in [1.82, 2.24) is 15.2 Å². The molecule has 26 heavy (non-hydrogen) atoms. The Labute approximate surface area is 151 Å². The average molecular weight is 354 g/mol. The first-order valence-electron chi connectivity index (χ1n) is 8.55. The van der Waals surface area contributed by atoms with E-state index in [2.05, 4.69) is 10.3 Å². The van der Waals surface area contributed by atoms with Crippen LogP contribution >= 0.6 is 0 Å². The number of Topliss-reactive ketones (excluding diaryl/α,β-unsaturated/α-hetero) is 2. The number of rotatable bonds is 5. The number of aromatic amines is 1. The number of nitrogens with one attached hydrogen (secondary N) is 3. The molecule has 7 heteroatoms. The van der Waals surface area contributed by atoms with Gasteiger partial charge in [0, 0.05) is 48.1 Å². The van der Waals surface area contributed by atoms with Crippen molar-refractivity contribution in [3.63, 3.8) is 0 Å². The molecule has 1 aliphatic rings. The van der Waals surface area contributed by atoms with Crippen LogP contribution in [0.3, 0.4) is 0 Å². The van der Waals surface area contributed by atoms with Gasteiger partial charge in [0.1, 0.15) is 0 Å². The lowest BCUT2D eigenvalue weighted by molar-refractivity contribution is -0.129. The zero-order valence-corrected chi connectivity index (χ0v) is 15.1. The fourth-order valence-corrected chi connectivity index (χ4v) is 3.28. The minimum atomic E-state index is -0.807. The van der Waals surface area contributed by atoms with Crippen LogP contribution in [0.5, 0.6) is 0 Å². The number of nitrogens with zero attached hydrogens (tertiary/aromatic N) is 1. The molecule has 0 aliphatic carbocycles. The minimum Gasteiger partial charge on any atom is -0.360 e. The normalized spacial score (nSPS) is 20.3. The van der Waals surface area contributed by atoms with Crippen LogP contribution in [0.15, 0.2) is 24.4 Å². The number of H-pyrrole nitrogens is 1. The molecule has 1 aliphatic heterocycles. The van der Waals surface area contributed by atoms with Crippen LogP contribution in [0.25, 0.3) is 10.9 Å². The highest BCUT2D eigenvalue weighted by Crippen LogP contribution is 2.27. The summed E-state index contributed by atoms with van der Waals surface area (Å²) in [5.74, 6) is -0.322. The van der Waals surface area contributed by atoms with Crippen molar-refractivity contribution in [2.24, 2.45) is 0 Å². The smallest absolute Gasteiger partial charge is 0.231 e. The predicted octanol–water partition coefficient (Wildman–Crippen LogP) is 2.48. The molecular weight excluding hydrogens is 332 g/mol. The Hall–Kier alpha value is -2.96. The SMILES string of the molecule is CCC(=O)c1ccc2[nH]cc(C(=O)C[C@]3(C)CC(=O)N(C)C(=N)N3)c2c1. The van der Waals surface area contributed by atoms with E-state index in [1.54, 1.807) is 38.2 Å². The Morgan fingerprint density at radius 1 is 1.31 bits per heavy atom. The molecule has 3 N–H and O–H groups in total. The number of amides is 1. The first-order valence-corrected chi connectivity index (χ1v) is 8.55. The first kappa shape index (κ1) is 17.8. The van der Waals surface area contributed by atoms with Gasteiger partial charge >= 0.3 is 0 Å². The second-order valence-corrected chi connectivity index (χ2v) is 7.00. The number of carbonyl (C=O) groups is 3. The van der Waals surface area contributed by atoms with E-state index in [1.165, 1.54) is 11.9 Å². The van der Waals surface area contributed by atoms with Crippen LogP contribution in [0.2, 0.25) is 0 Å². The maximum Gasteiger partial charge on any atom is 0.231 e. The molecule has 0 saturated carbocycles. The Morgan fingerprint density at radius 2 is 2.04 bits per heavy atom.